The van der Waals surface area contributed by atoms with E-state index in [-0.39, 0.29) is 0 Å². The molecule has 1 nitrogen and oxygen atoms in total. The zero-order valence-electron chi connectivity index (χ0n) is 10.3. The second-order valence-electron chi connectivity index (χ2n) is 6.25. The van der Waals surface area contributed by atoms with Crippen LogP contribution >= 0.6 is 0 Å². The largest absolute Gasteiger partial charge is 0.300 e. The second kappa shape index (κ2) is 3.23. The van der Waals surface area contributed by atoms with Crippen molar-refractivity contribution in [2.24, 2.45) is 11.3 Å². The van der Waals surface area contributed by atoms with E-state index >= 15 is 0 Å². The molecule has 2 saturated carbocycles. The lowest BCUT2D eigenvalue weighted by Crippen LogP contribution is -2.41. The summed E-state index contributed by atoms with van der Waals surface area (Å²) >= 11 is 0. The van der Waals surface area contributed by atoms with Crippen LogP contribution in [0.3, 0.4) is 0 Å². The third-order valence-electron chi connectivity index (χ3n) is 4.48. The second-order valence-corrected chi connectivity index (χ2v) is 6.25. The van der Waals surface area contributed by atoms with Crippen LogP contribution in [0.5, 0.6) is 0 Å². The van der Waals surface area contributed by atoms with E-state index in [2.05, 4.69) is 32.7 Å². The van der Waals surface area contributed by atoms with Crippen LogP contribution in [0.2, 0.25) is 0 Å². The van der Waals surface area contributed by atoms with E-state index < -0.39 is 0 Å². The summed E-state index contributed by atoms with van der Waals surface area (Å²) in [4.78, 5) is 2.67. The summed E-state index contributed by atoms with van der Waals surface area (Å²) in [6.07, 6.45) is 7.22. The number of hydrogen-bond donors (Lipinski definition) is 0. The quantitative estimate of drug-likeness (QED) is 0.650. The molecule has 0 aliphatic heterocycles. The lowest BCUT2D eigenvalue weighted by molar-refractivity contribution is 0.127. The molecule has 0 aromatic rings. The fraction of sp³-hybridized carbons (Fsp3) is 1.00. The predicted molar refractivity (Wildman–Crippen MR) is 61.4 cm³/mol. The van der Waals surface area contributed by atoms with Crippen LogP contribution in [0.25, 0.3) is 0 Å². The summed E-state index contributed by atoms with van der Waals surface area (Å²) in [5.41, 5.74) is 1.16. The van der Waals surface area contributed by atoms with Gasteiger partial charge in [-0.1, -0.05) is 20.8 Å². The van der Waals surface area contributed by atoms with E-state index in [9.17, 15) is 0 Å². The Morgan fingerprint density at radius 3 is 2.21 bits per heavy atom. The number of rotatable bonds is 5. The highest BCUT2D eigenvalue weighted by Gasteiger charge is 2.56. The van der Waals surface area contributed by atoms with Gasteiger partial charge in [0.25, 0.3) is 0 Å². The van der Waals surface area contributed by atoms with Gasteiger partial charge in [-0.15, -0.1) is 0 Å². The molecule has 0 spiro atoms. The monoisotopic (exact) mass is 195 g/mol. The Bertz CT molecular complexity index is 211. The maximum atomic E-state index is 2.67. The molecule has 2 aliphatic rings. The van der Waals surface area contributed by atoms with Gasteiger partial charge in [-0.05, 0) is 50.5 Å². The smallest absolute Gasteiger partial charge is 0.0236 e. The van der Waals surface area contributed by atoms with Crippen molar-refractivity contribution >= 4 is 0 Å². The van der Waals surface area contributed by atoms with Gasteiger partial charge >= 0.3 is 0 Å². The Morgan fingerprint density at radius 1 is 1.29 bits per heavy atom. The number of nitrogens with zero attached hydrogens (tertiary/aromatic N) is 1. The van der Waals surface area contributed by atoms with E-state index in [1.807, 2.05) is 0 Å². The first-order chi connectivity index (χ1) is 6.50. The third-order valence-corrected chi connectivity index (χ3v) is 4.48. The zero-order valence-corrected chi connectivity index (χ0v) is 10.3. The Hall–Kier alpha value is -0.0400. The summed E-state index contributed by atoms with van der Waals surface area (Å²) in [6.45, 7) is 8.38. The van der Waals surface area contributed by atoms with Crippen molar-refractivity contribution < 1.29 is 0 Å². The SMILES string of the molecule is CCC(C)(C)CN(C)C1(C2CC2)CC1. The molecule has 1 heteroatoms. The number of hydrogen-bond acceptors (Lipinski definition) is 1. The summed E-state index contributed by atoms with van der Waals surface area (Å²) in [5, 5.41) is 0. The normalized spacial score (nSPS) is 25.5. The predicted octanol–water partition coefficient (Wildman–Crippen LogP) is 3.30. The average molecular weight is 195 g/mol. The molecular formula is C13H25N. The highest BCUT2D eigenvalue weighted by Crippen LogP contribution is 2.57. The summed E-state index contributed by atoms with van der Waals surface area (Å²) in [7, 11) is 2.35. The first kappa shape index (κ1) is 10.5. The van der Waals surface area contributed by atoms with Crippen molar-refractivity contribution in [2.75, 3.05) is 13.6 Å². The lowest BCUT2D eigenvalue weighted by Gasteiger charge is -2.35. The average Bonchev–Trinajstić information content (AvgIpc) is 2.95. The van der Waals surface area contributed by atoms with Gasteiger partial charge in [-0.3, -0.25) is 4.90 Å². The topological polar surface area (TPSA) is 3.24 Å². The van der Waals surface area contributed by atoms with Crippen molar-refractivity contribution in [3.8, 4) is 0 Å². The highest BCUT2D eigenvalue weighted by atomic mass is 15.2. The van der Waals surface area contributed by atoms with E-state index in [1.54, 1.807) is 0 Å². The van der Waals surface area contributed by atoms with Crippen molar-refractivity contribution in [1.82, 2.24) is 4.90 Å². The van der Waals surface area contributed by atoms with E-state index in [4.69, 9.17) is 0 Å². The van der Waals surface area contributed by atoms with Crippen LogP contribution in [0.1, 0.15) is 52.9 Å². The van der Waals surface area contributed by atoms with E-state index in [0.29, 0.717) is 11.0 Å². The minimum absolute atomic E-state index is 0.499. The first-order valence-electron chi connectivity index (χ1n) is 6.21. The molecule has 2 fully saturated rings. The van der Waals surface area contributed by atoms with Gasteiger partial charge in [0.1, 0.15) is 0 Å². The fourth-order valence-electron chi connectivity index (χ4n) is 2.76. The molecule has 0 bridgehead atoms. The van der Waals surface area contributed by atoms with Crippen molar-refractivity contribution in [1.29, 1.82) is 0 Å². The van der Waals surface area contributed by atoms with Crippen LogP contribution in [-0.2, 0) is 0 Å². The maximum absolute atomic E-state index is 2.67. The third kappa shape index (κ3) is 1.84. The first-order valence-corrected chi connectivity index (χ1v) is 6.21. The van der Waals surface area contributed by atoms with Gasteiger partial charge in [-0.25, -0.2) is 0 Å². The molecule has 0 unspecified atom stereocenters. The van der Waals surface area contributed by atoms with Gasteiger partial charge in [0.2, 0.25) is 0 Å². The van der Waals surface area contributed by atoms with Crippen LogP contribution in [0, 0.1) is 11.3 Å². The molecule has 0 saturated heterocycles. The molecular weight excluding hydrogens is 170 g/mol. The minimum Gasteiger partial charge on any atom is -0.300 e. The van der Waals surface area contributed by atoms with Gasteiger partial charge in [-0.2, -0.15) is 0 Å². The van der Waals surface area contributed by atoms with E-state index in [0.717, 1.165) is 5.92 Å². The highest BCUT2D eigenvalue weighted by molar-refractivity contribution is 5.12. The van der Waals surface area contributed by atoms with Gasteiger partial charge in [0.15, 0.2) is 0 Å². The Morgan fingerprint density at radius 2 is 1.86 bits per heavy atom. The van der Waals surface area contributed by atoms with E-state index in [1.165, 1.54) is 38.6 Å². The van der Waals surface area contributed by atoms with Crippen LogP contribution in [0.4, 0.5) is 0 Å². The molecule has 14 heavy (non-hydrogen) atoms. The molecule has 0 atom stereocenters. The van der Waals surface area contributed by atoms with Crippen molar-refractivity contribution in [2.45, 2.75) is 58.4 Å². The van der Waals surface area contributed by atoms with Crippen molar-refractivity contribution in [3.63, 3.8) is 0 Å². The Balaban J connectivity index is 1.92. The molecule has 2 aliphatic carbocycles. The lowest BCUT2D eigenvalue weighted by atomic mass is 9.89. The molecule has 2 rings (SSSR count). The van der Waals surface area contributed by atoms with Crippen LogP contribution < -0.4 is 0 Å². The molecule has 0 amide bonds. The van der Waals surface area contributed by atoms with Gasteiger partial charge < -0.3 is 0 Å². The molecule has 0 N–H and O–H groups in total. The zero-order chi connectivity index (χ0) is 10.4. The molecule has 0 heterocycles. The standard InChI is InChI=1S/C13H25N/c1-5-12(2,3)10-14(4)13(8-9-13)11-6-7-11/h11H,5-10H2,1-4H3. The molecule has 82 valence electrons. The van der Waals surface area contributed by atoms with Crippen molar-refractivity contribution in [3.05, 3.63) is 0 Å². The van der Waals surface area contributed by atoms with Gasteiger partial charge in [0, 0.05) is 12.1 Å². The van der Waals surface area contributed by atoms with Crippen LogP contribution in [-0.4, -0.2) is 24.0 Å². The summed E-state index contributed by atoms with van der Waals surface area (Å²) in [6, 6.07) is 0. The fourth-order valence-corrected chi connectivity index (χ4v) is 2.76. The minimum atomic E-state index is 0.499. The Labute approximate surface area is 88.9 Å². The molecule has 0 aromatic carbocycles. The maximum Gasteiger partial charge on any atom is 0.0236 e. The van der Waals surface area contributed by atoms with Crippen LogP contribution in [0.15, 0.2) is 0 Å². The molecule has 0 aromatic heterocycles. The van der Waals surface area contributed by atoms with Gasteiger partial charge in [0.05, 0.1) is 0 Å². The summed E-state index contributed by atoms with van der Waals surface area (Å²) in [5.74, 6) is 1.06. The Kier molecular flexibility index (Phi) is 2.42. The molecule has 0 radical (unpaired) electrons. The summed E-state index contributed by atoms with van der Waals surface area (Å²) < 4.78 is 0.